The molecule has 0 aliphatic carbocycles. The Kier molecular flexibility index (Phi) is 5.10. The Labute approximate surface area is 114 Å². The molecule has 4 nitrogen and oxygen atoms in total. The molecule has 0 unspecified atom stereocenters. The van der Waals surface area contributed by atoms with Crippen LogP contribution in [0.2, 0.25) is 0 Å². The van der Waals surface area contributed by atoms with Crippen LogP contribution in [0.3, 0.4) is 0 Å². The number of carbonyl (C=O) groups excluding carboxylic acids is 2. The summed E-state index contributed by atoms with van der Waals surface area (Å²) < 4.78 is 0. The first kappa shape index (κ1) is 15.2. The standard InChI is InChI=1S/C15H22N2O2/c1-10(2)17(13(5)18)9-15(19)16-14-7-6-11(3)12(4)8-14/h6-8,10H,9H2,1-5H3,(H,16,19). The number of rotatable bonds is 4. The lowest BCUT2D eigenvalue weighted by Crippen LogP contribution is -2.41. The molecule has 19 heavy (non-hydrogen) atoms. The van der Waals surface area contributed by atoms with Gasteiger partial charge in [0.25, 0.3) is 0 Å². The minimum Gasteiger partial charge on any atom is -0.331 e. The van der Waals surface area contributed by atoms with Crippen molar-refractivity contribution < 1.29 is 9.59 Å². The van der Waals surface area contributed by atoms with Crippen LogP contribution in [0.5, 0.6) is 0 Å². The molecular formula is C15H22N2O2. The first-order chi connectivity index (χ1) is 8.81. The van der Waals surface area contributed by atoms with E-state index in [4.69, 9.17) is 0 Å². The molecule has 1 rings (SSSR count). The quantitative estimate of drug-likeness (QED) is 0.906. The fraction of sp³-hybridized carbons (Fsp3) is 0.467. The number of aryl methyl sites for hydroxylation is 2. The fourth-order valence-corrected chi connectivity index (χ4v) is 1.83. The van der Waals surface area contributed by atoms with Crippen LogP contribution in [0.4, 0.5) is 5.69 Å². The van der Waals surface area contributed by atoms with E-state index in [9.17, 15) is 9.59 Å². The predicted molar refractivity (Wildman–Crippen MR) is 77.1 cm³/mol. The largest absolute Gasteiger partial charge is 0.331 e. The van der Waals surface area contributed by atoms with E-state index in [1.54, 1.807) is 0 Å². The number of hydrogen-bond acceptors (Lipinski definition) is 2. The first-order valence-corrected chi connectivity index (χ1v) is 6.45. The summed E-state index contributed by atoms with van der Waals surface area (Å²) in [6.45, 7) is 9.37. The highest BCUT2D eigenvalue weighted by Gasteiger charge is 2.16. The second kappa shape index (κ2) is 6.36. The van der Waals surface area contributed by atoms with Gasteiger partial charge in [-0.2, -0.15) is 0 Å². The van der Waals surface area contributed by atoms with Crippen molar-refractivity contribution in [2.24, 2.45) is 0 Å². The fourth-order valence-electron chi connectivity index (χ4n) is 1.83. The van der Waals surface area contributed by atoms with Gasteiger partial charge >= 0.3 is 0 Å². The van der Waals surface area contributed by atoms with Gasteiger partial charge in [0, 0.05) is 18.7 Å². The van der Waals surface area contributed by atoms with Gasteiger partial charge in [0.15, 0.2) is 0 Å². The van der Waals surface area contributed by atoms with Gasteiger partial charge in [-0.25, -0.2) is 0 Å². The zero-order valence-electron chi connectivity index (χ0n) is 12.3. The van der Waals surface area contributed by atoms with Crippen LogP contribution < -0.4 is 5.32 Å². The molecule has 104 valence electrons. The Morgan fingerprint density at radius 2 is 1.84 bits per heavy atom. The SMILES string of the molecule is CC(=O)N(CC(=O)Nc1ccc(C)c(C)c1)C(C)C. The smallest absolute Gasteiger partial charge is 0.244 e. The van der Waals surface area contributed by atoms with E-state index in [0.717, 1.165) is 11.3 Å². The molecule has 0 aliphatic heterocycles. The monoisotopic (exact) mass is 262 g/mol. The maximum atomic E-state index is 11.9. The van der Waals surface area contributed by atoms with Crippen molar-refractivity contribution >= 4 is 17.5 Å². The van der Waals surface area contributed by atoms with Gasteiger partial charge in [0.1, 0.15) is 6.54 Å². The van der Waals surface area contributed by atoms with Crippen molar-refractivity contribution in [3.63, 3.8) is 0 Å². The molecule has 0 atom stereocenters. The molecule has 4 heteroatoms. The van der Waals surface area contributed by atoms with E-state index in [2.05, 4.69) is 5.32 Å². The summed E-state index contributed by atoms with van der Waals surface area (Å²) in [4.78, 5) is 24.9. The van der Waals surface area contributed by atoms with Crippen molar-refractivity contribution in [1.29, 1.82) is 0 Å². The number of anilines is 1. The van der Waals surface area contributed by atoms with Gasteiger partial charge < -0.3 is 10.2 Å². The lowest BCUT2D eigenvalue weighted by Gasteiger charge is -2.24. The second-order valence-corrected chi connectivity index (χ2v) is 5.09. The average Bonchev–Trinajstić information content (AvgIpc) is 2.30. The summed E-state index contributed by atoms with van der Waals surface area (Å²) in [6.07, 6.45) is 0. The van der Waals surface area contributed by atoms with Crippen molar-refractivity contribution in [3.05, 3.63) is 29.3 Å². The van der Waals surface area contributed by atoms with E-state index in [1.807, 2.05) is 45.9 Å². The molecule has 0 spiro atoms. The number of nitrogens with one attached hydrogen (secondary N) is 1. The van der Waals surface area contributed by atoms with Gasteiger partial charge in [-0.05, 0) is 51.0 Å². The zero-order chi connectivity index (χ0) is 14.6. The number of nitrogens with zero attached hydrogens (tertiary/aromatic N) is 1. The van der Waals surface area contributed by atoms with E-state index in [1.165, 1.54) is 17.4 Å². The van der Waals surface area contributed by atoms with Crippen LogP contribution in [0.15, 0.2) is 18.2 Å². The first-order valence-electron chi connectivity index (χ1n) is 6.45. The number of benzene rings is 1. The summed E-state index contributed by atoms with van der Waals surface area (Å²) in [5.74, 6) is -0.266. The zero-order valence-corrected chi connectivity index (χ0v) is 12.3. The molecule has 0 saturated carbocycles. The van der Waals surface area contributed by atoms with Crippen molar-refractivity contribution in [2.45, 2.75) is 40.7 Å². The second-order valence-electron chi connectivity index (χ2n) is 5.09. The van der Waals surface area contributed by atoms with Crippen LogP contribution in [0, 0.1) is 13.8 Å². The van der Waals surface area contributed by atoms with Gasteiger partial charge in [-0.15, -0.1) is 0 Å². The van der Waals surface area contributed by atoms with Gasteiger partial charge in [0.2, 0.25) is 11.8 Å². The molecule has 0 radical (unpaired) electrons. The summed E-state index contributed by atoms with van der Waals surface area (Å²) in [7, 11) is 0. The summed E-state index contributed by atoms with van der Waals surface area (Å²) in [6, 6.07) is 5.79. The maximum absolute atomic E-state index is 11.9. The number of hydrogen-bond donors (Lipinski definition) is 1. The Balaban J connectivity index is 2.69. The Bertz CT molecular complexity index is 481. The Morgan fingerprint density at radius 1 is 1.21 bits per heavy atom. The van der Waals surface area contributed by atoms with E-state index < -0.39 is 0 Å². The Morgan fingerprint density at radius 3 is 2.32 bits per heavy atom. The molecule has 2 amide bonds. The number of amides is 2. The molecule has 1 N–H and O–H groups in total. The predicted octanol–water partition coefficient (Wildman–Crippen LogP) is 2.50. The normalized spacial score (nSPS) is 10.4. The molecule has 1 aromatic carbocycles. The third kappa shape index (κ3) is 4.39. The average molecular weight is 262 g/mol. The lowest BCUT2D eigenvalue weighted by molar-refractivity contribution is -0.134. The highest BCUT2D eigenvalue weighted by Crippen LogP contribution is 2.14. The van der Waals surface area contributed by atoms with Gasteiger partial charge in [0.05, 0.1) is 0 Å². The summed E-state index contributed by atoms with van der Waals surface area (Å²) in [5, 5.41) is 2.82. The van der Waals surface area contributed by atoms with Crippen LogP contribution in [-0.4, -0.2) is 29.3 Å². The van der Waals surface area contributed by atoms with Crippen molar-refractivity contribution in [3.8, 4) is 0 Å². The third-order valence-electron chi connectivity index (χ3n) is 3.13. The van der Waals surface area contributed by atoms with E-state index >= 15 is 0 Å². The van der Waals surface area contributed by atoms with Gasteiger partial charge in [-0.3, -0.25) is 9.59 Å². The molecule has 0 heterocycles. The van der Waals surface area contributed by atoms with Crippen molar-refractivity contribution in [1.82, 2.24) is 4.90 Å². The molecule has 0 bridgehead atoms. The van der Waals surface area contributed by atoms with Crippen LogP contribution in [0.1, 0.15) is 31.9 Å². The molecule has 0 saturated heterocycles. The van der Waals surface area contributed by atoms with Crippen molar-refractivity contribution in [2.75, 3.05) is 11.9 Å². The highest BCUT2D eigenvalue weighted by atomic mass is 16.2. The molecule has 0 aromatic heterocycles. The molecule has 1 aromatic rings. The summed E-state index contributed by atoms with van der Waals surface area (Å²) in [5.41, 5.74) is 3.08. The molecular weight excluding hydrogens is 240 g/mol. The maximum Gasteiger partial charge on any atom is 0.244 e. The van der Waals surface area contributed by atoms with Gasteiger partial charge in [-0.1, -0.05) is 6.07 Å². The topological polar surface area (TPSA) is 49.4 Å². The molecule has 0 fully saturated rings. The number of carbonyl (C=O) groups is 2. The highest BCUT2D eigenvalue weighted by molar-refractivity contribution is 5.94. The van der Waals surface area contributed by atoms with E-state index in [0.29, 0.717) is 0 Å². The van der Waals surface area contributed by atoms with Crippen LogP contribution in [-0.2, 0) is 9.59 Å². The third-order valence-corrected chi connectivity index (χ3v) is 3.13. The van der Waals surface area contributed by atoms with Crippen LogP contribution in [0.25, 0.3) is 0 Å². The van der Waals surface area contributed by atoms with E-state index in [-0.39, 0.29) is 24.4 Å². The minimum absolute atomic E-state index is 0.0167. The minimum atomic E-state index is -0.174. The molecule has 0 aliphatic rings. The Hall–Kier alpha value is -1.84. The lowest BCUT2D eigenvalue weighted by atomic mass is 10.1. The van der Waals surface area contributed by atoms with Crippen LogP contribution >= 0.6 is 0 Å². The summed E-state index contributed by atoms with van der Waals surface area (Å²) >= 11 is 0.